The Hall–Kier alpha value is -3.40. The molecular formula is C17H11ClF3N5O2. The van der Waals surface area contributed by atoms with Crippen LogP contribution in [0, 0.1) is 0 Å². The SMILES string of the molecule is N/C=C(\C=O)Nc1nc(=O)n(-c2ccccc2Cl)c2nc(C(F)(F)F)ccc12. The Morgan fingerprint density at radius 1 is 1.18 bits per heavy atom. The highest BCUT2D eigenvalue weighted by Crippen LogP contribution is 2.31. The first kappa shape index (κ1) is 19.4. The number of hydrogen-bond acceptors (Lipinski definition) is 6. The molecule has 28 heavy (non-hydrogen) atoms. The molecule has 0 amide bonds. The van der Waals surface area contributed by atoms with E-state index in [9.17, 15) is 22.8 Å². The van der Waals surface area contributed by atoms with Gasteiger partial charge in [-0.2, -0.15) is 18.2 Å². The van der Waals surface area contributed by atoms with Crippen LogP contribution in [0.2, 0.25) is 5.02 Å². The molecule has 3 N–H and O–H groups in total. The van der Waals surface area contributed by atoms with Gasteiger partial charge in [0.1, 0.15) is 11.5 Å². The van der Waals surface area contributed by atoms with Crippen molar-refractivity contribution in [3.8, 4) is 5.69 Å². The monoisotopic (exact) mass is 409 g/mol. The molecule has 0 unspecified atom stereocenters. The first-order valence-electron chi connectivity index (χ1n) is 7.66. The summed E-state index contributed by atoms with van der Waals surface area (Å²) in [4.78, 5) is 31.0. The van der Waals surface area contributed by atoms with Crippen molar-refractivity contribution in [2.45, 2.75) is 6.18 Å². The Morgan fingerprint density at radius 3 is 2.50 bits per heavy atom. The van der Waals surface area contributed by atoms with E-state index in [0.29, 0.717) is 6.29 Å². The van der Waals surface area contributed by atoms with Crippen LogP contribution in [-0.2, 0) is 11.0 Å². The van der Waals surface area contributed by atoms with Crippen LogP contribution >= 0.6 is 11.6 Å². The minimum atomic E-state index is -4.74. The summed E-state index contributed by atoms with van der Waals surface area (Å²) in [5.41, 5.74) is 2.76. The lowest BCUT2D eigenvalue weighted by atomic mass is 10.2. The quantitative estimate of drug-likeness (QED) is 0.507. The zero-order valence-corrected chi connectivity index (χ0v) is 14.6. The fourth-order valence-electron chi connectivity index (χ4n) is 2.45. The summed E-state index contributed by atoms with van der Waals surface area (Å²) >= 11 is 6.10. The second kappa shape index (κ2) is 7.31. The first-order chi connectivity index (χ1) is 13.3. The molecule has 0 spiro atoms. The molecule has 3 aromatic rings. The van der Waals surface area contributed by atoms with Crippen LogP contribution in [0.3, 0.4) is 0 Å². The van der Waals surface area contributed by atoms with Crippen molar-refractivity contribution in [1.29, 1.82) is 0 Å². The van der Waals surface area contributed by atoms with Gasteiger partial charge in [-0.3, -0.25) is 4.79 Å². The molecule has 0 atom stereocenters. The normalized spacial score (nSPS) is 12.2. The number of fused-ring (bicyclic) bond motifs is 1. The Morgan fingerprint density at radius 2 is 1.89 bits per heavy atom. The van der Waals surface area contributed by atoms with Gasteiger partial charge in [-0.05, 0) is 24.3 Å². The van der Waals surface area contributed by atoms with Gasteiger partial charge in [-0.1, -0.05) is 23.7 Å². The summed E-state index contributed by atoms with van der Waals surface area (Å²) in [6, 6.07) is 7.89. The van der Waals surface area contributed by atoms with E-state index in [1.807, 2.05) is 0 Å². The number of anilines is 1. The highest BCUT2D eigenvalue weighted by Gasteiger charge is 2.33. The highest BCUT2D eigenvalue weighted by atomic mass is 35.5. The van der Waals surface area contributed by atoms with Crippen molar-refractivity contribution in [3.05, 3.63) is 69.5 Å². The van der Waals surface area contributed by atoms with Crippen LogP contribution < -0.4 is 16.7 Å². The molecule has 0 saturated heterocycles. The number of nitrogens with zero attached hydrogens (tertiary/aromatic N) is 3. The van der Waals surface area contributed by atoms with Gasteiger partial charge >= 0.3 is 11.9 Å². The van der Waals surface area contributed by atoms with Crippen LogP contribution in [-0.4, -0.2) is 20.8 Å². The topological polar surface area (TPSA) is 103 Å². The molecule has 144 valence electrons. The Kier molecular flexibility index (Phi) is 5.06. The number of nitrogens with one attached hydrogen (secondary N) is 1. The van der Waals surface area contributed by atoms with Gasteiger partial charge < -0.3 is 11.1 Å². The predicted molar refractivity (Wildman–Crippen MR) is 97.1 cm³/mol. The van der Waals surface area contributed by atoms with Gasteiger partial charge in [0.15, 0.2) is 11.9 Å². The van der Waals surface area contributed by atoms with Crippen molar-refractivity contribution in [1.82, 2.24) is 14.5 Å². The summed E-state index contributed by atoms with van der Waals surface area (Å²) in [7, 11) is 0. The van der Waals surface area contributed by atoms with Crippen molar-refractivity contribution in [2.75, 3.05) is 5.32 Å². The molecule has 11 heteroatoms. The van der Waals surface area contributed by atoms with E-state index in [0.717, 1.165) is 22.9 Å². The van der Waals surface area contributed by atoms with Crippen LogP contribution in [0.4, 0.5) is 19.0 Å². The van der Waals surface area contributed by atoms with Gasteiger partial charge in [0.05, 0.1) is 21.8 Å². The third kappa shape index (κ3) is 3.54. The first-order valence-corrected chi connectivity index (χ1v) is 8.04. The number of aldehydes is 1. The van der Waals surface area contributed by atoms with Crippen LogP contribution in [0.15, 0.2) is 53.1 Å². The number of aromatic nitrogens is 3. The predicted octanol–water partition coefficient (Wildman–Crippen LogP) is 2.86. The minimum absolute atomic E-state index is 0.0497. The molecular weight excluding hydrogens is 399 g/mol. The number of halogens is 4. The van der Waals surface area contributed by atoms with Crippen molar-refractivity contribution < 1.29 is 18.0 Å². The number of nitrogens with two attached hydrogens (primary N) is 1. The smallest absolute Gasteiger partial charge is 0.403 e. The maximum atomic E-state index is 13.2. The summed E-state index contributed by atoms with van der Waals surface area (Å²) in [6.45, 7) is 0. The van der Waals surface area contributed by atoms with Crippen LogP contribution in [0.5, 0.6) is 0 Å². The number of hydrogen-bond donors (Lipinski definition) is 2. The van der Waals surface area contributed by atoms with Gasteiger partial charge in [0.2, 0.25) is 0 Å². The number of allylic oxidation sites excluding steroid dienone is 1. The van der Waals surface area contributed by atoms with Crippen LogP contribution in [0.1, 0.15) is 5.69 Å². The van der Waals surface area contributed by atoms with E-state index in [1.165, 1.54) is 12.1 Å². The third-order valence-electron chi connectivity index (χ3n) is 3.69. The molecule has 0 fully saturated rings. The van der Waals surface area contributed by atoms with Crippen molar-refractivity contribution in [2.24, 2.45) is 5.73 Å². The van der Waals surface area contributed by atoms with Crippen molar-refractivity contribution in [3.63, 3.8) is 0 Å². The number of pyridine rings is 1. The Balaban J connectivity index is 2.40. The van der Waals surface area contributed by atoms with E-state index in [-0.39, 0.29) is 33.3 Å². The second-order valence-corrected chi connectivity index (χ2v) is 5.87. The van der Waals surface area contributed by atoms with E-state index in [4.69, 9.17) is 17.3 Å². The summed E-state index contributed by atoms with van der Waals surface area (Å²) in [6.07, 6.45) is -3.44. The van der Waals surface area contributed by atoms with Gasteiger partial charge in [0.25, 0.3) is 0 Å². The molecule has 2 heterocycles. The molecule has 0 aliphatic rings. The lowest BCUT2D eigenvalue weighted by Gasteiger charge is -2.15. The standard InChI is InChI=1S/C17H11ClF3N5O2/c18-11-3-1-2-4-12(11)26-15-10(5-6-13(24-15)17(19,20)21)14(25-16(26)28)23-9(7-22)8-27/h1-8H,22H2,(H,23,25,28)/b9-7+. The lowest BCUT2D eigenvalue weighted by molar-refractivity contribution is -0.141. The average molecular weight is 410 g/mol. The fourth-order valence-corrected chi connectivity index (χ4v) is 2.67. The number of rotatable bonds is 4. The van der Waals surface area contributed by atoms with Gasteiger partial charge in [-0.15, -0.1) is 0 Å². The third-order valence-corrected chi connectivity index (χ3v) is 4.01. The largest absolute Gasteiger partial charge is 0.433 e. The van der Waals surface area contributed by atoms with Crippen molar-refractivity contribution >= 4 is 34.7 Å². The molecule has 0 aliphatic carbocycles. The Bertz CT molecular complexity index is 1160. The maximum Gasteiger partial charge on any atom is 0.433 e. The molecule has 0 saturated carbocycles. The van der Waals surface area contributed by atoms with Gasteiger partial charge in [-0.25, -0.2) is 14.3 Å². The highest BCUT2D eigenvalue weighted by molar-refractivity contribution is 6.32. The van der Waals surface area contributed by atoms with Crippen LogP contribution in [0.25, 0.3) is 16.7 Å². The molecule has 7 nitrogen and oxygen atoms in total. The molecule has 1 aromatic carbocycles. The second-order valence-electron chi connectivity index (χ2n) is 5.46. The number of carbonyl (C=O) groups is 1. The summed E-state index contributed by atoms with van der Waals surface area (Å²) in [5.74, 6) is -0.173. The zero-order chi connectivity index (χ0) is 20.5. The van der Waals surface area contributed by atoms with Gasteiger partial charge in [0, 0.05) is 6.20 Å². The molecule has 0 radical (unpaired) electrons. The molecule has 3 rings (SSSR count). The lowest BCUT2D eigenvalue weighted by Crippen LogP contribution is -2.25. The number of alkyl halides is 3. The van der Waals surface area contributed by atoms with E-state index >= 15 is 0 Å². The number of carbonyl (C=O) groups excluding carboxylic acids is 1. The van der Waals surface area contributed by atoms with E-state index < -0.39 is 17.6 Å². The maximum absolute atomic E-state index is 13.2. The minimum Gasteiger partial charge on any atom is -0.403 e. The zero-order valence-electron chi connectivity index (χ0n) is 13.9. The average Bonchev–Trinajstić information content (AvgIpc) is 2.66. The van der Waals surface area contributed by atoms with E-state index in [2.05, 4.69) is 15.3 Å². The number of para-hydroxylation sites is 1. The fraction of sp³-hybridized carbons (Fsp3) is 0.0588. The summed E-state index contributed by atoms with van der Waals surface area (Å²) < 4.78 is 40.4. The number of benzene rings is 1. The Labute approximate surface area is 160 Å². The summed E-state index contributed by atoms with van der Waals surface area (Å²) in [5, 5.41) is 2.67. The molecule has 2 aromatic heterocycles. The molecule has 0 bridgehead atoms. The molecule has 0 aliphatic heterocycles. The van der Waals surface area contributed by atoms with E-state index in [1.54, 1.807) is 12.1 Å².